The Hall–Kier alpha value is -2.78. The van der Waals surface area contributed by atoms with Crippen LogP contribution in [-0.4, -0.2) is 49.4 Å². The van der Waals surface area contributed by atoms with Crippen molar-refractivity contribution in [1.29, 1.82) is 0 Å². The number of carbonyl (C=O) groups excluding carboxylic acids is 1. The van der Waals surface area contributed by atoms with Gasteiger partial charge in [-0.3, -0.25) is 4.79 Å². The summed E-state index contributed by atoms with van der Waals surface area (Å²) in [5.74, 6) is -2.14. The lowest BCUT2D eigenvalue weighted by molar-refractivity contribution is 0.0696. The first-order valence-corrected chi connectivity index (χ1v) is 10.1. The summed E-state index contributed by atoms with van der Waals surface area (Å²) in [7, 11) is -3.92. The van der Waals surface area contributed by atoms with Crippen LogP contribution in [-0.2, 0) is 10.0 Å². The van der Waals surface area contributed by atoms with Gasteiger partial charge in [0, 0.05) is 24.7 Å². The van der Waals surface area contributed by atoms with E-state index in [0.29, 0.717) is 19.4 Å². The quantitative estimate of drug-likeness (QED) is 0.792. The molecule has 1 fully saturated rings. The third-order valence-electron chi connectivity index (χ3n) is 4.49. The molecule has 1 aliphatic heterocycles. The number of benzene rings is 2. The molecule has 3 rings (SSSR count). The fourth-order valence-corrected chi connectivity index (χ4v) is 4.44. The largest absolute Gasteiger partial charge is 0.478 e. The van der Waals surface area contributed by atoms with Crippen molar-refractivity contribution in [2.24, 2.45) is 0 Å². The summed E-state index contributed by atoms with van der Waals surface area (Å²) >= 11 is 0. The number of carbonyl (C=O) groups is 2. The van der Waals surface area contributed by atoms with E-state index in [2.05, 4.69) is 4.72 Å². The summed E-state index contributed by atoms with van der Waals surface area (Å²) in [6, 6.07) is 9.89. The lowest BCUT2D eigenvalue weighted by atomic mass is 10.0. The Morgan fingerprint density at radius 1 is 1.11 bits per heavy atom. The molecule has 0 saturated carbocycles. The molecule has 0 aromatic heterocycles. The molecule has 2 N–H and O–H groups in total. The Bertz CT molecular complexity index is 1010. The van der Waals surface area contributed by atoms with Gasteiger partial charge >= 0.3 is 5.97 Å². The van der Waals surface area contributed by atoms with Crippen LogP contribution in [0.25, 0.3) is 0 Å². The van der Waals surface area contributed by atoms with Crippen LogP contribution in [0, 0.1) is 5.82 Å². The number of sulfonamides is 1. The predicted octanol–water partition coefficient (Wildman–Crippen LogP) is 2.11. The summed E-state index contributed by atoms with van der Waals surface area (Å²) in [4.78, 5) is 25.1. The van der Waals surface area contributed by atoms with Crippen LogP contribution in [0.1, 0.15) is 33.6 Å². The highest BCUT2D eigenvalue weighted by Crippen LogP contribution is 2.18. The molecule has 0 aliphatic carbocycles. The van der Waals surface area contributed by atoms with E-state index in [0.717, 1.165) is 12.1 Å². The number of hydrogen-bond acceptors (Lipinski definition) is 4. The minimum absolute atomic E-state index is 0.00576. The Morgan fingerprint density at radius 3 is 2.54 bits per heavy atom. The molecule has 7 nitrogen and oxygen atoms in total. The molecule has 1 atom stereocenters. The van der Waals surface area contributed by atoms with Gasteiger partial charge in [0.15, 0.2) is 0 Å². The second-order valence-electron chi connectivity index (χ2n) is 6.55. The first-order valence-electron chi connectivity index (χ1n) is 8.67. The molecule has 28 heavy (non-hydrogen) atoms. The number of halogens is 1. The number of carboxylic acid groups (broad SMARTS) is 1. The van der Waals surface area contributed by atoms with Crippen molar-refractivity contribution in [2.45, 2.75) is 23.8 Å². The number of nitrogens with one attached hydrogen (secondary N) is 1. The average Bonchev–Trinajstić information content (AvgIpc) is 2.67. The van der Waals surface area contributed by atoms with Crippen molar-refractivity contribution < 1.29 is 27.5 Å². The topological polar surface area (TPSA) is 104 Å². The third-order valence-corrected chi connectivity index (χ3v) is 6.01. The van der Waals surface area contributed by atoms with Crippen molar-refractivity contribution in [3.63, 3.8) is 0 Å². The lowest BCUT2D eigenvalue weighted by Crippen LogP contribution is -2.49. The maximum Gasteiger partial charge on any atom is 0.335 e. The van der Waals surface area contributed by atoms with Gasteiger partial charge in [0.2, 0.25) is 10.0 Å². The zero-order valence-electron chi connectivity index (χ0n) is 14.8. The smallest absolute Gasteiger partial charge is 0.335 e. The van der Waals surface area contributed by atoms with Crippen LogP contribution in [0.15, 0.2) is 53.4 Å². The summed E-state index contributed by atoms with van der Waals surface area (Å²) in [5.41, 5.74) is 0.236. The van der Waals surface area contributed by atoms with Gasteiger partial charge in [0.05, 0.1) is 10.5 Å². The average molecular weight is 406 g/mol. The van der Waals surface area contributed by atoms with Gasteiger partial charge in [-0.25, -0.2) is 22.3 Å². The highest BCUT2D eigenvalue weighted by Gasteiger charge is 2.28. The minimum Gasteiger partial charge on any atom is -0.478 e. The number of rotatable bonds is 5. The molecule has 1 heterocycles. The Labute approximate surface area is 161 Å². The number of piperidine rings is 1. The van der Waals surface area contributed by atoms with E-state index >= 15 is 0 Å². The SMILES string of the molecule is O=C(O)c1cccc(C(=O)N2CCCC(NS(=O)(=O)c3cccc(F)c3)C2)c1. The van der Waals surface area contributed by atoms with E-state index in [-0.39, 0.29) is 28.5 Å². The number of likely N-dealkylation sites (tertiary alicyclic amines) is 1. The number of carboxylic acids is 1. The third kappa shape index (κ3) is 4.55. The number of aromatic carboxylic acids is 1. The van der Waals surface area contributed by atoms with Crippen LogP contribution in [0.2, 0.25) is 0 Å². The molecule has 1 aliphatic rings. The van der Waals surface area contributed by atoms with Crippen LogP contribution in [0.3, 0.4) is 0 Å². The van der Waals surface area contributed by atoms with E-state index in [1.165, 1.54) is 41.3 Å². The molecule has 148 valence electrons. The second-order valence-corrected chi connectivity index (χ2v) is 8.27. The van der Waals surface area contributed by atoms with Crippen molar-refractivity contribution in [1.82, 2.24) is 9.62 Å². The van der Waals surface area contributed by atoms with Crippen molar-refractivity contribution in [3.05, 3.63) is 65.5 Å². The van der Waals surface area contributed by atoms with E-state index in [1.807, 2.05) is 0 Å². The van der Waals surface area contributed by atoms with Gasteiger partial charge in [-0.1, -0.05) is 12.1 Å². The maximum absolute atomic E-state index is 13.3. The fraction of sp³-hybridized carbons (Fsp3) is 0.263. The number of amides is 1. The first kappa shape index (κ1) is 20.0. The molecule has 1 amide bonds. The zero-order chi connectivity index (χ0) is 20.3. The Balaban J connectivity index is 1.72. The molecule has 0 bridgehead atoms. The van der Waals surface area contributed by atoms with Gasteiger partial charge < -0.3 is 10.0 Å². The normalized spacial score (nSPS) is 17.3. The van der Waals surface area contributed by atoms with Gasteiger partial charge in [-0.15, -0.1) is 0 Å². The van der Waals surface area contributed by atoms with Crippen LogP contribution < -0.4 is 4.72 Å². The molecule has 1 saturated heterocycles. The van der Waals surface area contributed by atoms with E-state index in [9.17, 15) is 22.4 Å². The summed E-state index contributed by atoms with van der Waals surface area (Å²) in [6.45, 7) is 0.582. The molecular formula is C19H19FN2O5S. The Morgan fingerprint density at radius 2 is 1.82 bits per heavy atom. The molecular weight excluding hydrogens is 387 g/mol. The molecule has 2 aromatic rings. The fourth-order valence-electron chi connectivity index (χ4n) is 3.15. The highest BCUT2D eigenvalue weighted by atomic mass is 32.2. The zero-order valence-corrected chi connectivity index (χ0v) is 15.7. The van der Waals surface area contributed by atoms with Crippen molar-refractivity contribution >= 4 is 21.9 Å². The monoisotopic (exact) mass is 406 g/mol. The summed E-state index contributed by atoms with van der Waals surface area (Å²) in [5, 5.41) is 9.07. The lowest BCUT2D eigenvalue weighted by Gasteiger charge is -2.33. The van der Waals surface area contributed by atoms with Gasteiger partial charge in [-0.2, -0.15) is 0 Å². The minimum atomic E-state index is -3.92. The van der Waals surface area contributed by atoms with E-state index < -0.39 is 27.9 Å². The summed E-state index contributed by atoms with van der Waals surface area (Å²) < 4.78 is 40.8. The van der Waals surface area contributed by atoms with E-state index in [1.54, 1.807) is 0 Å². The van der Waals surface area contributed by atoms with Crippen LogP contribution >= 0.6 is 0 Å². The number of hydrogen-bond donors (Lipinski definition) is 2. The molecule has 0 spiro atoms. The maximum atomic E-state index is 13.3. The molecule has 1 unspecified atom stereocenters. The van der Waals surface area contributed by atoms with Crippen molar-refractivity contribution in [3.8, 4) is 0 Å². The second kappa shape index (κ2) is 8.07. The van der Waals surface area contributed by atoms with Gasteiger partial charge in [0.1, 0.15) is 5.82 Å². The van der Waals surface area contributed by atoms with Gasteiger partial charge in [0.25, 0.3) is 5.91 Å². The van der Waals surface area contributed by atoms with Crippen molar-refractivity contribution in [2.75, 3.05) is 13.1 Å². The standard InChI is InChI=1S/C19H19FN2O5S/c20-15-6-2-8-17(11-15)28(26,27)21-16-7-3-9-22(12-16)18(23)13-4-1-5-14(10-13)19(24)25/h1-2,4-6,8,10-11,16,21H,3,7,9,12H2,(H,24,25). The first-order chi connectivity index (χ1) is 13.3. The molecule has 0 radical (unpaired) electrons. The molecule has 9 heteroatoms. The predicted molar refractivity (Wildman–Crippen MR) is 99.0 cm³/mol. The highest BCUT2D eigenvalue weighted by molar-refractivity contribution is 7.89. The number of nitrogens with zero attached hydrogens (tertiary/aromatic N) is 1. The van der Waals surface area contributed by atoms with Crippen LogP contribution in [0.4, 0.5) is 4.39 Å². The Kier molecular flexibility index (Phi) is 5.76. The molecule has 2 aromatic carbocycles. The van der Waals surface area contributed by atoms with Crippen LogP contribution in [0.5, 0.6) is 0 Å². The van der Waals surface area contributed by atoms with Gasteiger partial charge in [-0.05, 0) is 49.2 Å². The summed E-state index contributed by atoms with van der Waals surface area (Å²) in [6.07, 6.45) is 1.12. The van der Waals surface area contributed by atoms with E-state index in [4.69, 9.17) is 5.11 Å².